The van der Waals surface area contributed by atoms with Gasteiger partial charge in [0.2, 0.25) is 5.91 Å². The van der Waals surface area contributed by atoms with Gasteiger partial charge in [0.1, 0.15) is 5.75 Å². The van der Waals surface area contributed by atoms with Crippen LogP contribution in [0, 0.1) is 11.3 Å². The van der Waals surface area contributed by atoms with Crippen molar-refractivity contribution in [1.82, 2.24) is 0 Å². The molecule has 4 heteroatoms. The van der Waals surface area contributed by atoms with Crippen LogP contribution in [0.25, 0.3) is 0 Å². The minimum atomic E-state index is -0.173. The van der Waals surface area contributed by atoms with E-state index in [2.05, 4.69) is 5.32 Å². The molecule has 0 spiro atoms. The molecule has 0 fully saturated rings. The predicted octanol–water partition coefficient (Wildman–Crippen LogP) is 1.53. The molecule has 0 atom stereocenters. The van der Waals surface area contributed by atoms with Gasteiger partial charge in [0.05, 0.1) is 24.4 Å². The lowest BCUT2D eigenvalue weighted by molar-refractivity contribution is -0.114. The zero-order valence-corrected chi connectivity index (χ0v) is 8.00. The van der Waals surface area contributed by atoms with Gasteiger partial charge in [0, 0.05) is 13.0 Å². The summed E-state index contributed by atoms with van der Waals surface area (Å²) in [6.45, 7) is 1.41. The average Bonchev–Trinajstić information content (AvgIpc) is 2.17. The number of nitriles is 1. The van der Waals surface area contributed by atoms with Crippen LogP contribution in [0.1, 0.15) is 12.5 Å². The molecule has 1 aromatic rings. The van der Waals surface area contributed by atoms with E-state index >= 15 is 0 Å². The third-order valence-electron chi connectivity index (χ3n) is 1.64. The van der Waals surface area contributed by atoms with Gasteiger partial charge < -0.3 is 10.1 Å². The SMILES string of the molecule is COc1cc(C#N)ccc1NC(C)=O. The standard InChI is InChI=1S/C10H10N2O2/c1-7(13)12-9-4-3-8(6-11)5-10(9)14-2/h3-5H,1-2H3,(H,12,13). The number of amides is 1. The fraction of sp³-hybridized carbons (Fsp3) is 0.200. The van der Waals surface area contributed by atoms with Gasteiger partial charge in [-0.15, -0.1) is 0 Å². The first kappa shape index (κ1) is 10.1. The van der Waals surface area contributed by atoms with Crippen LogP contribution in [-0.2, 0) is 4.79 Å². The second-order valence-electron chi connectivity index (χ2n) is 2.71. The van der Waals surface area contributed by atoms with Gasteiger partial charge in [-0.1, -0.05) is 0 Å². The summed E-state index contributed by atoms with van der Waals surface area (Å²) in [5.41, 5.74) is 1.06. The molecule has 0 aliphatic carbocycles. The van der Waals surface area contributed by atoms with E-state index in [0.717, 1.165) is 0 Å². The Morgan fingerprint density at radius 1 is 1.57 bits per heavy atom. The number of carbonyl (C=O) groups excluding carboxylic acids is 1. The first-order chi connectivity index (χ1) is 6.67. The lowest BCUT2D eigenvalue weighted by Gasteiger charge is -2.08. The van der Waals surface area contributed by atoms with Gasteiger partial charge in [0.15, 0.2) is 0 Å². The molecule has 0 bridgehead atoms. The predicted molar refractivity (Wildman–Crippen MR) is 52.0 cm³/mol. The summed E-state index contributed by atoms with van der Waals surface area (Å²) in [5, 5.41) is 11.2. The Bertz CT molecular complexity index is 394. The van der Waals surface area contributed by atoms with Crippen molar-refractivity contribution in [1.29, 1.82) is 5.26 Å². The second kappa shape index (κ2) is 4.28. The van der Waals surface area contributed by atoms with E-state index in [1.807, 2.05) is 6.07 Å². The monoisotopic (exact) mass is 190 g/mol. The molecule has 4 nitrogen and oxygen atoms in total. The van der Waals surface area contributed by atoms with Crippen molar-refractivity contribution in [2.24, 2.45) is 0 Å². The maximum atomic E-state index is 10.8. The Hall–Kier alpha value is -2.02. The maximum absolute atomic E-state index is 10.8. The van der Waals surface area contributed by atoms with E-state index < -0.39 is 0 Å². The molecule has 1 N–H and O–H groups in total. The fourth-order valence-electron chi connectivity index (χ4n) is 1.05. The molecule has 0 saturated heterocycles. The Morgan fingerprint density at radius 3 is 2.79 bits per heavy atom. The summed E-state index contributed by atoms with van der Waals surface area (Å²) in [6.07, 6.45) is 0. The number of nitrogens with zero attached hydrogens (tertiary/aromatic N) is 1. The highest BCUT2D eigenvalue weighted by Gasteiger charge is 2.04. The van der Waals surface area contributed by atoms with E-state index in [4.69, 9.17) is 10.00 Å². The van der Waals surface area contributed by atoms with Crippen LogP contribution in [0.2, 0.25) is 0 Å². The van der Waals surface area contributed by atoms with Crippen LogP contribution < -0.4 is 10.1 Å². The fourth-order valence-corrected chi connectivity index (χ4v) is 1.05. The third kappa shape index (κ3) is 2.23. The van der Waals surface area contributed by atoms with Crippen LogP contribution in [0.3, 0.4) is 0 Å². The molecule has 1 aromatic carbocycles. The van der Waals surface area contributed by atoms with Crippen LogP contribution in [0.4, 0.5) is 5.69 Å². The van der Waals surface area contributed by atoms with E-state index in [0.29, 0.717) is 17.0 Å². The molecule has 14 heavy (non-hydrogen) atoms. The van der Waals surface area contributed by atoms with E-state index in [-0.39, 0.29) is 5.91 Å². The number of nitrogens with one attached hydrogen (secondary N) is 1. The molecule has 0 aliphatic heterocycles. The van der Waals surface area contributed by atoms with Gasteiger partial charge in [-0.05, 0) is 12.1 Å². The smallest absolute Gasteiger partial charge is 0.221 e. The maximum Gasteiger partial charge on any atom is 0.221 e. The number of hydrogen-bond acceptors (Lipinski definition) is 3. The normalized spacial score (nSPS) is 8.93. The van der Waals surface area contributed by atoms with Crippen LogP contribution in [0.5, 0.6) is 5.75 Å². The highest BCUT2D eigenvalue weighted by Crippen LogP contribution is 2.24. The number of methoxy groups -OCH3 is 1. The van der Waals surface area contributed by atoms with Crippen molar-refractivity contribution in [3.8, 4) is 11.8 Å². The summed E-state index contributed by atoms with van der Waals surface area (Å²) < 4.78 is 5.02. The zero-order chi connectivity index (χ0) is 10.6. The van der Waals surface area contributed by atoms with Gasteiger partial charge in [-0.3, -0.25) is 4.79 Å². The van der Waals surface area contributed by atoms with Crippen LogP contribution in [0.15, 0.2) is 18.2 Å². The van der Waals surface area contributed by atoms with Crippen molar-refractivity contribution in [2.45, 2.75) is 6.92 Å². The van der Waals surface area contributed by atoms with Gasteiger partial charge >= 0.3 is 0 Å². The number of rotatable bonds is 2. The van der Waals surface area contributed by atoms with Crippen LogP contribution >= 0.6 is 0 Å². The van der Waals surface area contributed by atoms with Crippen molar-refractivity contribution >= 4 is 11.6 Å². The number of carbonyl (C=O) groups is 1. The van der Waals surface area contributed by atoms with Gasteiger partial charge in [-0.25, -0.2) is 0 Å². The Labute approximate surface area is 82.1 Å². The lowest BCUT2D eigenvalue weighted by Crippen LogP contribution is -2.07. The topological polar surface area (TPSA) is 62.1 Å². The molecular formula is C10H10N2O2. The number of hydrogen-bond donors (Lipinski definition) is 1. The Balaban J connectivity index is 3.06. The lowest BCUT2D eigenvalue weighted by atomic mass is 10.2. The van der Waals surface area contributed by atoms with E-state index in [1.54, 1.807) is 18.2 Å². The molecular weight excluding hydrogens is 180 g/mol. The molecule has 0 heterocycles. The van der Waals surface area contributed by atoms with Gasteiger partial charge in [0.25, 0.3) is 0 Å². The summed E-state index contributed by atoms with van der Waals surface area (Å²) in [7, 11) is 1.49. The van der Waals surface area contributed by atoms with Gasteiger partial charge in [-0.2, -0.15) is 5.26 Å². The molecule has 0 saturated carbocycles. The summed E-state index contributed by atoms with van der Waals surface area (Å²) in [6, 6.07) is 6.82. The highest BCUT2D eigenvalue weighted by molar-refractivity contribution is 5.90. The second-order valence-corrected chi connectivity index (χ2v) is 2.71. The number of anilines is 1. The molecule has 1 amide bonds. The van der Waals surface area contributed by atoms with Crippen molar-refractivity contribution in [3.63, 3.8) is 0 Å². The quantitative estimate of drug-likeness (QED) is 0.769. The molecule has 0 radical (unpaired) electrons. The first-order valence-electron chi connectivity index (χ1n) is 4.03. The first-order valence-corrected chi connectivity index (χ1v) is 4.03. The molecule has 1 rings (SSSR count). The molecule has 0 aliphatic rings. The van der Waals surface area contributed by atoms with E-state index in [9.17, 15) is 4.79 Å². The zero-order valence-electron chi connectivity index (χ0n) is 8.00. The molecule has 72 valence electrons. The average molecular weight is 190 g/mol. The minimum Gasteiger partial charge on any atom is -0.495 e. The van der Waals surface area contributed by atoms with Crippen molar-refractivity contribution < 1.29 is 9.53 Å². The number of ether oxygens (including phenoxy) is 1. The Morgan fingerprint density at radius 2 is 2.29 bits per heavy atom. The largest absolute Gasteiger partial charge is 0.495 e. The molecule has 0 unspecified atom stereocenters. The molecule has 0 aromatic heterocycles. The summed E-state index contributed by atoms with van der Waals surface area (Å²) in [5.74, 6) is 0.312. The summed E-state index contributed by atoms with van der Waals surface area (Å²) in [4.78, 5) is 10.8. The van der Waals surface area contributed by atoms with Crippen molar-refractivity contribution in [2.75, 3.05) is 12.4 Å². The minimum absolute atomic E-state index is 0.173. The van der Waals surface area contributed by atoms with Crippen LogP contribution in [-0.4, -0.2) is 13.0 Å². The van der Waals surface area contributed by atoms with E-state index in [1.165, 1.54) is 14.0 Å². The number of benzene rings is 1. The third-order valence-corrected chi connectivity index (χ3v) is 1.64. The Kier molecular flexibility index (Phi) is 3.08. The van der Waals surface area contributed by atoms with Crippen molar-refractivity contribution in [3.05, 3.63) is 23.8 Å². The highest BCUT2D eigenvalue weighted by atomic mass is 16.5. The summed E-state index contributed by atoms with van der Waals surface area (Å²) >= 11 is 0.